The average Bonchev–Trinajstić information content (AvgIpc) is 2.38. The van der Waals surface area contributed by atoms with Gasteiger partial charge in [-0.15, -0.1) is 0 Å². The molecule has 1 aromatic carbocycles. The van der Waals surface area contributed by atoms with Gasteiger partial charge in [0.2, 0.25) is 0 Å². The lowest BCUT2D eigenvalue weighted by atomic mass is 10.1. The van der Waals surface area contributed by atoms with E-state index in [1.165, 1.54) is 0 Å². The molecule has 1 aromatic heterocycles. The summed E-state index contributed by atoms with van der Waals surface area (Å²) in [6.07, 6.45) is 0.401. The summed E-state index contributed by atoms with van der Waals surface area (Å²) in [6.45, 7) is 3.64. The highest BCUT2D eigenvalue weighted by Gasteiger charge is 2.18. The van der Waals surface area contributed by atoms with E-state index in [2.05, 4.69) is 15.3 Å². The Morgan fingerprint density at radius 3 is 2.55 bits per heavy atom. The molecule has 20 heavy (non-hydrogen) atoms. The second kappa shape index (κ2) is 6.14. The number of aliphatic carboxylic acids is 1. The molecule has 104 valence electrons. The number of benzene rings is 1. The van der Waals surface area contributed by atoms with E-state index in [1.54, 1.807) is 13.0 Å². The van der Waals surface area contributed by atoms with Gasteiger partial charge in [-0.05, 0) is 19.4 Å². The number of hydrogen-bond donors (Lipinski definition) is 2. The van der Waals surface area contributed by atoms with Crippen LogP contribution in [0.15, 0.2) is 36.4 Å². The van der Waals surface area contributed by atoms with Crippen LogP contribution in [0.1, 0.15) is 17.1 Å². The number of carbonyl (C=O) groups is 1. The average molecular weight is 271 g/mol. The van der Waals surface area contributed by atoms with E-state index in [0.717, 1.165) is 11.3 Å². The first-order chi connectivity index (χ1) is 9.54. The van der Waals surface area contributed by atoms with Crippen LogP contribution < -0.4 is 5.32 Å². The van der Waals surface area contributed by atoms with Crippen LogP contribution in [-0.2, 0) is 11.2 Å². The van der Waals surface area contributed by atoms with E-state index < -0.39 is 12.0 Å². The number of hydrogen-bond acceptors (Lipinski definition) is 4. The van der Waals surface area contributed by atoms with Gasteiger partial charge in [-0.25, -0.2) is 14.8 Å². The van der Waals surface area contributed by atoms with Crippen molar-refractivity contribution in [2.24, 2.45) is 0 Å². The number of anilines is 1. The Hall–Kier alpha value is -2.43. The van der Waals surface area contributed by atoms with Gasteiger partial charge in [0.1, 0.15) is 17.7 Å². The molecule has 0 aliphatic rings. The maximum absolute atomic E-state index is 11.4. The van der Waals surface area contributed by atoms with Crippen molar-refractivity contribution in [3.8, 4) is 0 Å². The first-order valence-corrected chi connectivity index (χ1v) is 6.40. The van der Waals surface area contributed by atoms with Gasteiger partial charge < -0.3 is 10.4 Å². The maximum Gasteiger partial charge on any atom is 0.326 e. The minimum Gasteiger partial charge on any atom is -0.480 e. The quantitative estimate of drug-likeness (QED) is 0.872. The van der Waals surface area contributed by atoms with Gasteiger partial charge in [0.25, 0.3) is 0 Å². The number of nitrogens with one attached hydrogen (secondary N) is 1. The second-order valence-corrected chi connectivity index (χ2v) is 4.67. The predicted octanol–water partition coefficient (Wildman–Crippen LogP) is 2.20. The van der Waals surface area contributed by atoms with Crippen molar-refractivity contribution < 1.29 is 9.90 Å². The molecule has 1 atom stereocenters. The highest BCUT2D eigenvalue weighted by atomic mass is 16.4. The van der Waals surface area contributed by atoms with Crippen LogP contribution in [0.2, 0.25) is 0 Å². The van der Waals surface area contributed by atoms with Crippen molar-refractivity contribution in [3.05, 3.63) is 53.5 Å². The van der Waals surface area contributed by atoms with Crippen molar-refractivity contribution in [1.82, 2.24) is 9.97 Å². The van der Waals surface area contributed by atoms with Crippen molar-refractivity contribution in [3.63, 3.8) is 0 Å². The van der Waals surface area contributed by atoms with Crippen LogP contribution in [0.5, 0.6) is 0 Å². The normalized spacial score (nSPS) is 11.9. The molecule has 0 spiro atoms. The van der Waals surface area contributed by atoms with Crippen LogP contribution >= 0.6 is 0 Å². The molecule has 2 rings (SSSR count). The topological polar surface area (TPSA) is 75.1 Å². The molecule has 0 saturated carbocycles. The first kappa shape index (κ1) is 14.0. The van der Waals surface area contributed by atoms with E-state index in [4.69, 9.17) is 0 Å². The minimum atomic E-state index is -0.900. The Balaban J connectivity index is 2.15. The van der Waals surface area contributed by atoms with Gasteiger partial charge in [-0.3, -0.25) is 0 Å². The zero-order valence-electron chi connectivity index (χ0n) is 11.5. The van der Waals surface area contributed by atoms with Gasteiger partial charge in [0.15, 0.2) is 0 Å². The van der Waals surface area contributed by atoms with Crippen molar-refractivity contribution >= 4 is 11.8 Å². The summed E-state index contributed by atoms with van der Waals surface area (Å²) in [4.78, 5) is 19.8. The molecule has 5 heteroatoms. The third-order valence-electron chi connectivity index (χ3n) is 2.87. The zero-order valence-corrected chi connectivity index (χ0v) is 11.5. The van der Waals surface area contributed by atoms with Gasteiger partial charge in [0, 0.05) is 18.2 Å². The molecule has 0 aliphatic heterocycles. The SMILES string of the molecule is Cc1cc(N[C@@H](Cc2ccccc2)C(=O)O)nc(C)n1. The smallest absolute Gasteiger partial charge is 0.326 e. The fraction of sp³-hybridized carbons (Fsp3) is 0.267. The van der Waals surface area contributed by atoms with E-state index >= 15 is 0 Å². The van der Waals surface area contributed by atoms with E-state index in [0.29, 0.717) is 18.1 Å². The largest absolute Gasteiger partial charge is 0.480 e. The summed E-state index contributed by atoms with van der Waals surface area (Å²) in [5.41, 5.74) is 1.78. The molecule has 0 aliphatic carbocycles. The molecule has 0 fully saturated rings. The van der Waals surface area contributed by atoms with Crippen LogP contribution in [0.25, 0.3) is 0 Å². The maximum atomic E-state index is 11.4. The molecule has 0 amide bonds. The monoisotopic (exact) mass is 271 g/mol. The van der Waals surface area contributed by atoms with Gasteiger partial charge in [-0.2, -0.15) is 0 Å². The molecular formula is C15H17N3O2. The Labute approximate surface area is 117 Å². The van der Waals surface area contributed by atoms with Crippen LogP contribution in [0.4, 0.5) is 5.82 Å². The van der Waals surface area contributed by atoms with Gasteiger partial charge >= 0.3 is 5.97 Å². The Morgan fingerprint density at radius 2 is 1.95 bits per heavy atom. The van der Waals surface area contributed by atoms with Crippen LogP contribution in [0.3, 0.4) is 0 Å². The standard InChI is InChI=1S/C15H17N3O2/c1-10-8-14(17-11(2)16-10)18-13(15(19)20)9-12-6-4-3-5-7-12/h3-8,13H,9H2,1-2H3,(H,19,20)(H,16,17,18)/t13-/m0/s1. The summed E-state index contributed by atoms with van der Waals surface area (Å²) in [5.74, 6) is 0.262. The van der Waals surface area contributed by atoms with Crippen molar-refractivity contribution in [2.75, 3.05) is 5.32 Å². The molecule has 2 N–H and O–H groups in total. The molecule has 2 aromatic rings. The third-order valence-corrected chi connectivity index (χ3v) is 2.87. The number of carboxylic acids is 1. The summed E-state index contributed by atoms with van der Waals surface area (Å²) in [7, 11) is 0. The lowest BCUT2D eigenvalue weighted by Crippen LogP contribution is -2.32. The molecule has 0 saturated heterocycles. The second-order valence-electron chi connectivity index (χ2n) is 4.67. The zero-order chi connectivity index (χ0) is 14.5. The molecule has 0 unspecified atom stereocenters. The van der Waals surface area contributed by atoms with Gasteiger partial charge in [-0.1, -0.05) is 30.3 Å². The Kier molecular flexibility index (Phi) is 4.30. The van der Waals surface area contributed by atoms with E-state index in [9.17, 15) is 9.90 Å². The fourth-order valence-corrected chi connectivity index (χ4v) is 2.02. The van der Waals surface area contributed by atoms with Crippen LogP contribution in [0, 0.1) is 13.8 Å². The van der Waals surface area contributed by atoms with E-state index in [1.807, 2.05) is 37.3 Å². The number of aromatic nitrogens is 2. The minimum absolute atomic E-state index is 0.401. The van der Waals surface area contributed by atoms with Crippen molar-refractivity contribution in [1.29, 1.82) is 0 Å². The fourth-order valence-electron chi connectivity index (χ4n) is 2.02. The summed E-state index contributed by atoms with van der Waals surface area (Å²) in [6, 6.07) is 10.5. The summed E-state index contributed by atoms with van der Waals surface area (Å²) in [5, 5.41) is 12.3. The highest BCUT2D eigenvalue weighted by molar-refractivity contribution is 5.77. The lowest BCUT2D eigenvalue weighted by Gasteiger charge is -2.15. The lowest BCUT2D eigenvalue weighted by molar-refractivity contribution is -0.137. The number of rotatable bonds is 5. The first-order valence-electron chi connectivity index (χ1n) is 6.40. The number of carboxylic acid groups (broad SMARTS) is 1. The number of aryl methyl sites for hydroxylation is 2. The molecule has 0 radical (unpaired) electrons. The third kappa shape index (κ3) is 3.78. The number of nitrogens with zero attached hydrogens (tertiary/aromatic N) is 2. The summed E-state index contributed by atoms with van der Waals surface area (Å²) < 4.78 is 0. The molecule has 5 nitrogen and oxygen atoms in total. The molecule has 1 heterocycles. The molecule has 0 bridgehead atoms. The Bertz CT molecular complexity index is 579. The molecular weight excluding hydrogens is 254 g/mol. The van der Waals surface area contributed by atoms with Crippen LogP contribution in [-0.4, -0.2) is 27.1 Å². The van der Waals surface area contributed by atoms with Crippen molar-refractivity contribution in [2.45, 2.75) is 26.3 Å². The Morgan fingerprint density at radius 1 is 1.25 bits per heavy atom. The highest BCUT2D eigenvalue weighted by Crippen LogP contribution is 2.11. The predicted molar refractivity (Wildman–Crippen MR) is 76.7 cm³/mol. The summed E-state index contributed by atoms with van der Waals surface area (Å²) >= 11 is 0. The van der Waals surface area contributed by atoms with E-state index in [-0.39, 0.29) is 0 Å². The van der Waals surface area contributed by atoms with Gasteiger partial charge in [0.05, 0.1) is 0 Å².